The molecule has 0 fully saturated rings. The third-order valence-corrected chi connectivity index (χ3v) is 1.37. The van der Waals surface area contributed by atoms with Crippen molar-refractivity contribution in [1.29, 1.82) is 0 Å². The molecular formula is C6H7N2O. The molecule has 2 heterocycles. The molecule has 3 nitrogen and oxygen atoms in total. The first-order valence-electron chi connectivity index (χ1n) is 3.03. The minimum atomic E-state index is 0.779. The largest absolute Gasteiger partial charge is 0.477 e. The van der Waals surface area contributed by atoms with Crippen LogP contribution in [0.1, 0.15) is 6.42 Å². The quantitative estimate of drug-likeness (QED) is 0.501. The number of hydrogen-bond donors (Lipinski definition) is 0. The highest BCUT2D eigenvalue weighted by Crippen LogP contribution is 2.13. The lowest BCUT2D eigenvalue weighted by Crippen LogP contribution is -2.14. The van der Waals surface area contributed by atoms with Crippen LogP contribution in [0.25, 0.3) is 0 Å². The van der Waals surface area contributed by atoms with Crippen molar-refractivity contribution < 1.29 is 4.74 Å². The minimum absolute atomic E-state index is 0.779. The summed E-state index contributed by atoms with van der Waals surface area (Å²) >= 11 is 0. The third-order valence-electron chi connectivity index (χ3n) is 1.37. The standard InChI is InChI=1S/C6H7N2O/c1-4-8-6(9-5-1)2-3-7-8/h3H,1,4-5H2. The summed E-state index contributed by atoms with van der Waals surface area (Å²) in [6, 6.07) is 2.89. The zero-order valence-electron chi connectivity index (χ0n) is 5.00. The van der Waals surface area contributed by atoms with Gasteiger partial charge in [0.25, 0.3) is 0 Å². The van der Waals surface area contributed by atoms with Crippen molar-refractivity contribution in [2.45, 2.75) is 13.0 Å². The monoisotopic (exact) mass is 123 g/mol. The molecule has 1 aromatic rings. The van der Waals surface area contributed by atoms with E-state index in [0.29, 0.717) is 0 Å². The van der Waals surface area contributed by atoms with Gasteiger partial charge in [-0.3, -0.25) is 0 Å². The molecule has 1 aromatic heterocycles. The average molecular weight is 123 g/mol. The lowest BCUT2D eigenvalue weighted by atomic mass is 10.4. The fraction of sp³-hybridized carbons (Fsp3) is 0.500. The molecule has 0 unspecified atom stereocenters. The van der Waals surface area contributed by atoms with Gasteiger partial charge in [0.1, 0.15) is 0 Å². The van der Waals surface area contributed by atoms with Gasteiger partial charge in [0.2, 0.25) is 5.88 Å². The van der Waals surface area contributed by atoms with Gasteiger partial charge in [0.05, 0.1) is 18.9 Å². The molecule has 0 saturated carbocycles. The molecule has 0 bridgehead atoms. The van der Waals surface area contributed by atoms with E-state index in [9.17, 15) is 0 Å². The highest BCUT2D eigenvalue weighted by atomic mass is 16.5. The molecule has 0 saturated heterocycles. The minimum Gasteiger partial charge on any atom is -0.477 e. The van der Waals surface area contributed by atoms with Gasteiger partial charge in [0.15, 0.2) is 0 Å². The van der Waals surface area contributed by atoms with E-state index in [1.54, 1.807) is 6.20 Å². The number of aromatic nitrogens is 2. The summed E-state index contributed by atoms with van der Waals surface area (Å²) in [5.74, 6) is 0.779. The normalized spacial score (nSPS) is 16.4. The molecule has 2 rings (SSSR count). The number of ether oxygens (including phenoxy) is 1. The fourth-order valence-electron chi connectivity index (χ4n) is 0.939. The van der Waals surface area contributed by atoms with Crippen LogP contribution in [0.15, 0.2) is 6.20 Å². The first kappa shape index (κ1) is 4.85. The predicted octanol–water partition coefficient (Wildman–Crippen LogP) is 0.466. The number of hydrogen-bond acceptors (Lipinski definition) is 2. The van der Waals surface area contributed by atoms with Gasteiger partial charge >= 0.3 is 0 Å². The van der Waals surface area contributed by atoms with Crippen molar-refractivity contribution in [2.24, 2.45) is 0 Å². The maximum atomic E-state index is 5.21. The van der Waals surface area contributed by atoms with Crippen LogP contribution >= 0.6 is 0 Å². The van der Waals surface area contributed by atoms with Crippen LogP contribution in [0, 0.1) is 6.07 Å². The predicted molar refractivity (Wildman–Crippen MR) is 31.2 cm³/mol. The lowest BCUT2D eigenvalue weighted by Gasteiger charge is -2.13. The SMILES string of the molecule is [c]1cnn2c1OCCC2. The molecule has 1 radical (unpaired) electrons. The van der Waals surface area contributed by atoms with E-state index in [4.69, 9.17) is 4.74 Å². The fourth-order valence-corrected chi connectivity index (χ4v) is 0.939. The van der Waals surface area contributed by atoms with E-state index in [-0.39, 0.29) is 0 Å². The molecule has 0 aromatic carbocycles. The number of aryl methyl sites for hydroxylation is 1. The molecule has 0 spiro atoms. The van der Waals surface area contributed by atoms with Crippen LogP contribution in [-0.2, 0) is 6.54 Å². The Kier molecular flexibility index (Phi) is 0.946. The second kappa shape index (κ2) is 1.76. The Labute approximate surface area is 53.2 Å². The highest BCUT2D eigenvalue weighted by molar-refractivity contribution is 5.06. The van der Waals surface area contributed by atoms with Gasteiger partial charge in [-0.1, -0.05) is 0 Å². The number of fused-ring (bicyclic) bond motifs is 1. The summed E-state index contributed by atoms with van der Waals surface area (Å²) in [7, 11) is 0. The zero-order valence-corrected chi connectivity index (χ0v) is 5.00. The Morgan fingerprint density at radius 1 is 1.78 bits per heavy atom. The molecule has 0 N–H and O–H groups in total. The van der Waals surface area contributed by atoms with Crippen LogP contribution < -0.4 is 4.74 Å². The van der Waals surface area contributed by atoms with Crippen LogP contribution in [0.3, 0.4) is 0 Å². The van der Waals surface area contributed by atoms with Gasteiger partial charge in [-0.15, -0.1) is 0 Å². The van der Waals surface area contributed by atoms with E-state index < -0.39 is 0 Å². The Hall–Kier alpha value is -0.990. The van der Waals surface area contributed by atoms with Gasteiger partial charge in [-0.2, -0.15) is 5.10 Å². The van der Waals surface area contributed by atoms with Crippen LogP contribution in [0.2, 0.25) is 0 Å². The zero-order chi connectivity index (χ0) is 6.10. The molecular weight excluding hydrogens is 116 g/mol. The Morgan fingerprint density at radius 3 is 3.67 bits per heavy atom. The number of rotatable bonds is 0. The van der Waals surface area contributed by atoms with Crippen molar-refractivity contribution >= 4 is 0 Å². The summed E-state index contributed by atoms with van der Waals surface area (Å²) in [6.07, 6.45) is 2.70. The summed E-state index contributed by atoms with van der Waals surface area (Å²) in [5.41, 5.74) is 0. The van der Waals surface area contributed by atoms with Crippen molar-refractivity contribution in [1.82, 2.24) is 9.78 Å². The maximum absolute atomic E-state index is 5.21. The summed E-state index contributed by atoms with van der Waals surface area (Å²) in [6.45, 7) is 1.78. The molecule has 0 amide bonds. The second-order valence-corrected chi connectivity index (χ2v) is 2.02. The third kappa shape index (κ3) is 0.686. The van der Waals surface area contributed by atoms with Gasteiger partial charge in [0, 0.05) is 13.0 Å². The highest BCUT2D eigenvalue weighted by Gasteiger charge is 2.07. The van der Waals surface area contributed by atoms with E-state index in [1.807, 2.05) is 4.68 Å². The molecule has 0 aliphatic carbocycles. The lowest BCUT2D eigenvalue weighted by molar-refractivity contribution is 0.230. The van der Waals surface area contributed by atoms with Gasteiger partial charge in [-0.05, 0) is 0 Å². The Balaban J connectivity index is 2.39. The topological polar surface area (TPSA) is 27.1 Å². The van der Waals surface area contributed by atoms with Crippen LogP contribution in [0.5, 0.6) is 5.88 Å². The average Bonchev–Trinajstić information content (AvgIpc) is 2.33. The second-order valence-electron chi connectivity index (χ2n) is 2.02. The molecule has 1 aliphatic rings. The smallest absolute Gasteiger partial charge is 0.220 e. The molecule has 47 valence electrons. The van der Waals surface area contributed by atoms with Crippen LogP contribution in [0.4, 0.5) is 0 Å². The van der Waals surface area contributed by atoms with Crippen molar-refractivity contribution in [3.8, 4) is 5.88 Å². The molecule has 9 heavy (non-hydrogen) atoms. The Bertz CT molecular complexity index is 186. The summed E-state index contributed by atoms with van der Waals surface area (Å²) < 4.78 is 7.03. The molecule has 3 heteroatoms. The van der Waals surface area contributed by atoms with Gasteiger partial charge < -0.3 is 4.74 Å². The first-order valence-corrected chi connectivity index (χ1v) is 3.03. The Morgan fingerprint density at radius 2 is 2.78 bits per heavy atom. The first-order chi connectivity index (χ1) is 4.47. The van der Waals surface area contributed by atoms with E-state index in [2.05, 4.69) is 11.2 Å². The molecule has 0 atom stereocenters. The van der Waals surface area contributed by atoms with Crippen molar-refractivity contribution in [2.75, 3.05) is 6.61 Å². The molecule has 1 aliphatic heterocycles. The van der Waals surface area contributed by atoms with Crippen molar-refractivity contribution in [3.63, 3.8) is 0 Å². The summed E-state index contributed by atoms with van der Waals surface area (Å²) in [5, 5.41) is 3.99. The van der Waals surface area contributed by atoms with Crippen molar-refractivity contribution in [3.05, 3.63) is 12.3 Å². The van der Waals surface area contributed by atoms with E-state index >= 15 is 0 Å². The van der Waals surface area contributed by atoms with Crippen LogP contribution in [-0.4, -0.2) is 16.4 Å². The number of nitrogens with zero attached hydrogens (tertiary/aromatic N) is 2. The summed E-state index contributed by atoms with van der Waals surface area (Å²) in [4.78, 5) is 0. The van der Waals surface area contributed by atoms with Gasteiger partial charge in [-0.25, -0.2) is 4.68 Å². The van der Waals surface area contributed by atoms with E-state index in [0.717, 1.165) is 25.5 Å². The maximum Gasteiger partial charge on any atom is 0.220 e. The van der Waals surface area contributed by atoms with E-state index in [1.165, 1.54) is 0 Å².